The summed E-state index contributed by atoms with van der Waals surface area (Å²) in [5, 5.41) is 3.36. The number of sulfone groups is 1. The number of aryl methyl sites for hydroxylation is 1. The Kier molecular flexibility index (Phi) is 3.65. The summed E-state index contributed by atoms with van der Waals surface area (Å²) in [7, 11) is -2.99. The Balaban J connectivity index is 1.81. The molecule has 114 valence electrons. The molecule has 0 spiro atoms. The predicted octanol–water partition coefficient (Wildman–Crippen LogP) is 2.63. The van der Waals surface area contributed by atoms with Gasteiger partial charge in [-0.05, 0) is 37.0 Å². The molecule has 6 heteroatoms. The lowest BCUT2D eigenvalue weighted by Gasteiger charge is -2.18. The molecular formula is C15H20N2O3S. The second-order valence-electron chi connectivity index (χ2n) is 5.82. The van der Waals surface area contributed by atoms with Crippen LogP contribution in [-0.4, -0.2) is 31.5 Å². The Bertz CT molecular complexity index is 747. The zero-order chi connectivity index (χ0) is 15.0. The van der Waals surface area contributed by atoms with Crippen molar-refractivity contribution in [3.63, 3.8) is 0 Å². The molecule has 1 N–H and O–H groups in total. The van der Waals surface area contributed by atoms with Crippen molar-refractivity contribution in [2.45, 2.75) is 32.2 Å². The van der Waals surface area contributed by atoms with E-state index in [1.165, 1.54) is 6.26 Å². The lowest BCUT2D eigenvalue weighted by Crippen LogP contribution is -2.30. The highest BCUT2D eigenvalue weighted by molar-refractivity contribution is 7.90. The van der Waals surface area contributed by atoms with Gasteiger partial charge >= 0.3 is 0 Å². The maximum Gasteiger partial charge on any atom is 0.195 e. The normalized spacial score (nSPS) is 17.0. The number of rotatable bonds is 6. The molecule has 3 rings (SSSR count). The molecule has 1 heterocycles. The third-order valence-electron chi connectivity index (χ3n) is 3.76. The van der Waals surface area contributed by atoms with Gasteiger partial charge in [0.1, 0.15) is 15.4 Å². The van der Waals surface area contributed by atoms with Crippen LogP contribution in [0.3, 0.4) is 0 Å². The van der Waals surface area contributed by atoms with Crippen molar-refractivity contribution >= 4 is 26.6 Å². The summed E-state index contributed by atoms with van der Waals surface area (Å²) in [6, 6.07) is 5.71. The molecule has 2 aromatic rings. The number of benzene rings is 1. The van der Waals surface area contributed by atoms with Gasteiger partial charge < -0.3 is 9.73 Å². The Morgan fingerprint density at radius 2 is 2.19 bits per heavy atom. The lowest BCUT2D eigenvalue weighted by atomic mass is 10.2. The first-order chi connectivity index (χ1) is 9.94. The van der Waals surface area contributed by atoms with Crippen LogP contribution >= 0.6 is 0 Å². The molecule has 1 aliphatic rings. The van der Waals surface area contributed by atoms with E-state index in [1.807, 2.05) is 25.1 Å². The quantitative estimate of drug-likeness (QED) is 0.888. The van der Waals surface area contributed by atoms with Gasteiger partial charge in [0.2, 0.25) is 0 Å². The molecule has 21 heavy (non-hydrogen) atoms. The second-order valence-corrected chi connectivity index (χ2v) is 8.01. The van der Waals surface area contributed by atoms with Crippen molar-refractivity contribution < 1.29 is 12.8 Å². The zero-order valence-electron chi connectivity index (χ0n) is 12.3. The number of aromatic nitrogens is 1. The van der Waals surface area contributed by atoms with Crippen molar-refractivity contribution in [2.75, 3.05) is 17.3 Å². The van der Waals surface area contributed by atoms with E-state index in [1.54, 1.807) is 0 Å². The van der Waals surface area contributed by atoms with Crippen LogP contribution in [0, 0.1) is 5.92 Å². The van der Waals surface area contributed by atoms with Crippen LogP contribution in [0.4, 0.5) is 5.69 Å². The average Bonchev–Trinajstić information content (AvgIpc) is 3.16. The topological polar surface area (TPSA) is 72.2 Å². The van der Waals surface area contributed by atoms with Crippen molar-refractivity contribution in [3.8, 4) is 0 Å². The summed E-state index contributed by atoms with van der Waals surface area (Å²) < 4.78 is 28.7. The van der Waals surface area contributed by atoms with E-state index >= 15 is 0 Å². The highest BCUT2D eigenvalue weighted by Crippen LogP contribution is 2.35. The Morgan fingerprint density at radius 3 is 2.81 bits per heavy atom. The molecule has 0 aliphatic heterocycles. The van der Waals surface area contributed by atoms with Gasteiger partial charge in [-0.3, -0.25) is 0 Å². The van der Waals surface area contributed by atoms with E-state index in [0.717, 1.165) is 41.9 Å². The fourth-order valence-electron chi connectivity index (χ4n) is 2.55. The van der Waals surface area contributed by atoms with Crippen molar-refractivity contribution in [1.82, 2.24) is 4.98 Å². The van der Waals surface area contributed by atoms with Crippen LogP contribution in [0.15, 0.2) is 22.6 Å². The third-order valence-corrected chi connectivity index (χ3v) is 4.72. The number of nitrogens with one attached hydrogen (secondary N) is 1. The molecule has 1 aromatic heterocycles. The largest absolute Gasteiger partial charge is 0.441 e. The van der Waals surface area contributed by atoms with Gasteiger partial charge in [-0.1, -0.05) is 6.92 Å². The van der Waals surface area contributed by atoms with Crippen LogP contribution < -0.4 is 5.32 Å². The summed E-state index contributed by atoms with van der Waals surface area (Å²) in [5.41, 5.74) is 2.48. The number of hydrogen-bond donors (Lipinski definition) is 1. The molecule has 1 saturated carbocycles. The molecule has 1 aliphatic carbocycles. The molecule has 1 aromatic carbocycles. The van der Waals surface area contributed by atoms with Gasteiger partial charge in [0.05, 0.1) is 5.75 Å². The van der Waals surface area contributed by atoms with Crippen molar-refractivity contribution in [1.29, 1.82) is 0 Å². The number of hydrogen-bond acceptors (Lipinski definition) is 5. The first-order valence-electron chi connectivity index (χ1n) is 7.28. The summed E-state index contributed by atoms with van der Waals surface area (Å²) in [6.07, 6.45) is 4.24. The lowest BCUT2D eigenvalue weighted by molar-refractivity contribution is 0.538. The number of nitrogens with zero attached hydrogens (tertiary/aromatic N) is 1. The van der Waals surface area contributed by atoms with Crippen molar-refractivity contribution in [2.24, 2.45) is 5.92 Å². The summed E-state index contributed by atoms with van der Waals surface area (Å²) >= 11 is 0. The van der Waals surface area contributed by atoms with Gasteiger partial charge in [0.25, 0.3) is 0 Å². The first kappa shape index (κ1) is 14.4. The minimum Gasteiger partial charge on any atom is -0.441 e. The number of fused-ring (bicyclic) bond motifs is 1. The summed E-state index contributed by atoms with van der Waals surface area (Å²) in [6.45, 7) is 2.00. The molecule has 0 unspecified atom stereocenters. The molecular weight excluding hydrogens is 288 g/mol. The Labute approximate surface area is 124 Å². The molecule has 5 nitrogen and oxygen atoms in total. The highest BCUT2D eigenvalue weighted by atomic mass is 32.2. The van der Waals surface area contributed by atoms with Crippen LogP contribution in [0.1, 0.15) is 25.7 Å². The molecule has 0 bridgehead atoms. The SMILES string of the molecule is CCc1nc2cc(N[C@@H](CS(C)(=O)=O)C3CC3)ccc2o1. The van der Waals surface area contributed by atoms with Gasteiger partial charge in [-0.15, -0.1) is 0 Å². The zero-order valence-corrected chi connectivity index (χ0v) is 13.1. The van der Waals surface area contributed by atoms with Crippen molar-refractivity contribution in [3.05, 3.63) is 24.1 Å². The average molecular weight is 308 g/mol. The monoisotopic (exact) mass is 308 g/mol. The van der Waals surface area contributed by atoms with Crippen LogP contribution in [0.25, 0.3) is 11.1 Å². The van der Waals surface area contributed by atoms with Crippen LogP contribution in [0.5, 0.6) is 0 Å². The minimum atomic E-state index is -2.99. The Morgan fingerprint density at radius 1 is 1.43 bits per heavy atom. The van der Waals surface area contributed by atoms with E-state index in [-0.39, 0.29) is 11.8 Å². The predicted molar refractivity (Wildman–Crippen MR) is 83.2 cm³/mol. The fraction of sp³-hybridized carbons (Fsp3) is 0.533. The van der Waals surface area contributed by atoms with E-state index in [9.17, 15) is 8.42 Å². The number of oxazole rings is 1. The second kappa shape index (κ2) is 5.33. The fourth-order valence-corrected chi connectivity index (χ4v) is 3.56. The smallest absolute Gasteiger partial charge is 0.195 e. The minimum absolute atomic E-state index is 0.0185. The van der Waals surface area contributed by atoms with Gasteiger partial charge in [0.15, 0.2) is 11.5 Å². The van der Waals surface area contributed by atoms with Crippen LogP contribution in [-0.2, 0) is 16.3 Å². The van der Waals surface area contributed by atoms with E-state index in [4.69, 9.17) is 4.42 Å². The van der Waals surface area contributed by atoms with Gasteiger partial charge in [-0.2, -0.15) is 0 Å². The maximum atomic E-state index is 11.6. The molecule has 1 fully saturated rings. The number of anilines is 1. The third kappa shape index (κ3) is 3.56. The van der Waals surface area contributed by atoms with Crippen LogP contribution in [0.2, 0.25) is 0 Å². The molecule has 0 amide bonds. The van der Waals surface area contributed by atoms with E-state index < -0.39 is 9.84 Å². The molecule has 0 saturated heterocycles. The maximum absolute atomic E-state index is 11.6. The first-order valence-corrected chi connectivity index (χ1v) is 9.34. The highest BCUT2D eigenvalue weighted by Gasteiger charge is 2.33. The van der Waals surface area contributed by atoms with E-state index in [0.29, 0.717) is 5.92 Å². The summed E-state index contributed by atoms with van der Waals surface area (Å²) in [5.74, 6) is 1.35. The van der Waals surface area contributed by atoms with E-state index in [2.05, 4.69) is 10.3 Å². The summed E-state index contributed by atoms with van der Waals surface area (Å²) in [4.78, 5) is 4.41. The van der Waals surface area contributed by atoms with Gasteiger partial charge in [0, 0.05) is 24.4 Å². The molecule has 1 atom stereocenters. The Hall–Kier alpha value is -1.56. The standard InChI is InChI=1S/C15H20N2O3S/c1-3-15-17-12-8-11(6-7-14(12)20-15)16-13(10-4-5-10)9-21(2,18)19/h6-8,10,13,16H,3-5,9H2,1-2H3/t13-/m0/s1. The van der Waals surface area contributed by atoms with Gasteiger partial charge in [-0.25, -0.2) is 13.4 Å². The molecule has 0 radical (unpaired) electrons.